The van der Waals surface area contributed by atoms with Crippen LogP contribution in [0.5, 0.6) is 5.75 Å². The number of guanidine groups is 1. The molecule has 0 atom stereocenters. The molecular formula is C14H21N3OS. The number of benzene rings is 1. The lowest BCUT2D eigenvalue weighted by atomic mass is 10.1. The predicted molar refractivity (Wildman–Crippen MR) is 82.1 cm³/mol. The van der Waals surface area contributed by atoms with Crippen molar-refractivity contribution in [3.05, 3.63) is 29.8 Å². The fraction of sp³-hybridized carbons (Fsp3) is 0.500. The number of ether oxygens (including phenoxy) is 1. The number of nitrogens with zero attached hydrogens (tertiary/aromatic N) is 2. The summed E-state index contributed by atoms with van der Waals surface area (Å²) in [6.45, 7) is 2.75. The maximum Gasteiger partial charge on any atom is 0.191 e. The zero-order valence-electron chi connectivity index (χ0n) is 11.3. The van der Waals surface area contributed by atoms with Crippen LogP contribution in [0.2, 0.25) is 0 Å². The summed E-state index contributed by atoms with van der Waals surface area (Å²) >= 11 is 1.97. The molecule has 4 nitrogen and oxygen atoms in total. The third-order valence-corrected chi connectivity index (χ3v) is 4.09. The third-order valence-electron chi connectivity index (χ3n) is 3.14. The zero-order valence-corrected chi connectivity index (χ0v) is 12.2. The van der Waals surface area contributed by atoms with E-state index in [1.807, 2.05) is 30.0 Å². The molecule has 0 aliphatic carbocycles. The first-order valence-electron chi connectivity index (χ1n) is 6.55. The van der Waals surface area contributed by atoms with Crippen LogP contribution < -0.4 is 10.5 Å². The van der Waals surface area contributed by atoms with Crippen LogP contribution in [-0.4, -0.2) is 49.1 Å². The smallest absolute Gasteiger partial charge is 0.191 e. The summed E-state index contributed by atoms with van der Waals surface area (Å²) in [6.07, 6.45) is 0.889. The summed E-state index contributed by atoms with van der Waals surface area (Å²) in [4.78, 5) is 6.64. The molecule has 1 heterocycles. The van der Waals surface area contributed by atoms with Crippen molar-refractivity contribution in [3.8, 4) is 5.75 Å². The van der Waals surface area contributed by atoms with Crippen LogP contribution in [0.3, 0.4) is 0 Å². The Morgan fingerprint density at radius 1 is 1.42 bits per heavy atom. The number of thioether (sulfide) groups is 1. The van der Waals surface area contributed by atoms with Crippen LogP contribution in [0.1, 0.15) is 5.56 Å². The van der Waals surface area contributed by atoms with Gasteiger partial charge in [-0.25, -0.2) is 0 Å². The van der Waals surface area contributed by atoms with Gasteiger partial charge in [-0.15, -0.1) is 0 Å². The third kappa shape index (κ3) is 4.35. The fourth-order valence-electron chi connectivity index (χ4n) is 2.02. The Morgan fingerprint density at radius 2 is 2.21 bits per heavy atom. The minimum atomic E-state index is 0.684. The van der Waals surface area contributed by atoms with Crippen LogP contribution in [0.25, 0.3) is 0 Å². The van der Waals surface area contributed by atoms with E-state index >= 15 is 0 Å². The van der Waals surface area contributed by atoms with E-state index in [1.165, 1.54) is 5.56 Å². The highest BCUT2D eigenvalue weighted by Crippen LogP contribution is 2.13. The number of hydrogen-bond donors (Lipinski definition) is 1. The second kappa shape index (κ2) is 7.28. The van der Waals surface area contributed by atoms with E-state index in [-0.39, 0.29) is 0 Å². The van der Waals surface area contributed by atoms with Gasteiger partial charge in [0.2, 0.25) is 0 Å². The molecule has 0 amide bonds. The molecule has 0 radical (unpaired) electrons. The van der Waals surface area contributed by atoms with Crippen LogP contribution >= 0.6 is 11.8 Å². The number of methoxy groups -OCH3 is 1. The van der Waals surface area contributed by atoms with Crippen molar-refractivity contribution in [2.45, 2.75) is 6.42 Å². The molecule has 2 rings (SSSR count). The maximum atomic E-state index is 6.01. The monoisotopic (exact) mass is 279 g/mol. The van der Waals surface area contributed by atoms with Crippen LogP contribution in [0.4, 0.5) is 0 Å². The molecule has 0 spiro atoms. The first-order valence-corrected chi connectivity index (χ1v) is 7.70. The summed E-state index contributed by atoms with van der Waals surface area (Å²) in [5.41, 5.74) is 7.24. The number of nitrogens with two attached hydrogens (primary N) is 1. The molecule has 1 aliphatic heterocycles. The van der Waals surface area contributed by atoms with E-state index in [4.69, 9.17) is 10.5 Å². The fourth-order valence-corrected chi connectivity index (χ4v) is 2.92. The van der Waals surface area contributed by atoms with E-state index in [0.29, 0.717) is 5.96 Å². The largest absolute Gasteiger partial charge is 0.497 e. The van der Waals surface area contributed by atoms with E-state index < -0.39 is 0 Å². The molecule has 0 bridgehead atoms. The molecule has 1 saturated heterocycles. The van der Waals surface area contributed by atoms with Crippen molar-refractivity contribution in [2.24, 2.45) is 10.7 Å². The topological polar surface area (TPSA) is 50.9 Å². The van der Waals surface area contributed by atoms with Gasteiger partial charge >= 0.3 is 0 Å². The molecule has 104 valence electrons. The summed E-state index contributed by atoms with van der Waals surface area (Å²) in [7, 11) is 1.68. The minimum Gasteiger partial charge on any atom is -0.497 e. The highest BCUT2D eigenvalue weighted by molar-refractivity contribution is 7.99. The molecular weight excluding hydrogens is 258 g/mol. The van der Waals surface area contributed by atoms with Crippen molar-refractivity contribution >= 4 is 17.7 Å². The average Bonchev–Trinajstić information content (AvgIpc) is 2.48. The summed E-state index contributed by atoms with van der Waals surface area (Å²) in [6, 6.07) is 8.09. The van der Waals surface area contributed by atoms with Crippen molar-refractivity contribution in [1.82, 2.24) is 4.90 Å². The highest BCUT2D eigenvalue weighted by Gasteiger charge is 2.11. The van der Waals surface area contributed by atoms with Gasteiger partial charge in [0.15, 0.2) is 5.96 Å². The summed E-state index contributed by atoms with van der Waals surface area (Å²) in [5, 5.41) is 0. The lowest BCUT2D eigenvalue weighted by molar-refractivity contribution is 0.414. The Balaban J connectivity index is 1.84. The molecule has 1 aromatic carbocycles. The molecule has 1 aromatic rings. The molecule has 0 aromatic heterocycles. The van der Waals surface area contributed by atoms with E-state index in [9.17, 15) is 0 Å². The van der Waals surface area contributed by atoms with Crippen molar-refractivity contribution < 1.29 is 4.74 Å². The molecule has 5 heteroatoms. The minimum absolute atomic E-state index is 0.684. The lowest BCUT2D eigenvalue weighted by Crippen LogP contribution is -2.42. The van der Waals surface area contributed by atoms with E-state index in [1.54, 1.807) is 7.11 Å². The second-order valence-electron chi connectivity index (χ2n) is 4.44. The Bertz CT molecular complexity index is 430. The van der Waals surface area contributed by atoms with Crippen LogP contribution in [0, 0.1) is 0 Å². The quantitative estimate of drug-likeness (QED) is 0.672. The Hall–Kier alpha value is -1.36. The maximum absolute atomic E-state index is 6.01. The number of hydrogen-bond acceptors (Lipinski definition) is 3. The van der Waals surface area contributed by atoms with Crippen molar-refractivity contribution in [2.75, 3.05) is 38.2 Å². The summed E-state index contributed by atoms with van der Waals surface area (Å²) < 4.78 is 5.21. The highest BCUT2D eigenvalue weighted by atomic mass is 32.2. The second-order valence-corrected chi connectivity index (χ2v) is 5.67. The lowest BCUT2D eigenvalue weighted by Gasteiger charge is -2.27. The van der Waals surface area contributed by atoms with Gasteiger partial charge in [0.25, 0.3) is 0 Å². The normalized spacial score (nSPS) is 16.5. The first-order chi connectivity index (χ1) is 9.29. The van der Waals surface area contributed by atoms with Gasteiger partial charge in [-0.05, 0) is 24.1 Å². The van der Waals surface area contributed by atoms with Gasteiger partial charge in [0.1, 0.15) is 5.75 Å². The van der Waals surface area contributed by atoms with E-state index in [2.05, 4.69) is 16.0 Å². The standard InChI is InChI=1S/C14H21N3OS/c1-18-13-4-2-3-12(11-13)5-6-16-14(15)17-7-9-19-10-8-17/h2-4,11H,5-10H2,1H3,(H2,15,16). The molecule has 1 aliphatic rings. The predicted octanol–water partition coefficient (Wildman–Crippen LogP) is 1.60. The molecule has 0 saturated carbocycles. The molecule has 1 fully saturated rings. The number of aliphatic imine (C=N–C) groups is 1. The summed E-state index contributed by atoms with van der Waals surface area (Å²) in [5.74, 6) is 3.86. The van der Waals surface area contributed by atoms with Crippen LogP contribution in [0.15, 0.2) is 29.3 Å². The van der Waals surface area contributed by atoms with Gasteiger partial charge in [0, 0.05) is 31.1 Å². The number of rotatable bonds is 4. The van der Waals surface area contributed by atoms with Crippen molar-refractivity contribution in [3.63, 3.8) is 0 Å². The first kappa shape index (κ1) is 14.1. The van der Waals surface area contributed by atoms with E-state index in [0.717, 1.165) is 43.3 Å². The van der Waals surface area contributed by atoms with Gasteiger partial charge in [0.05, 0.1) is 7.11 Å². The molecule has 19 heavy (non-hydrogen) atoms. The van der Waals surface area contributed by atoms with Crippen LogP contribution in [-0.2, 0) is 6.42 Å². The van der Waals surface area contributed by atoms with Gasteiger partial charge < -0.3 is 15.4 Å². The Morgan fingerprint density at radius 3 is 2.95 bits per heavy atom. The SMILES string of the molecule is COc1cccc(CCN=C(N)N2CCSCC2)c1. The zero-order chi connectivity index (χ0) is 13.5. The Kier molecular flexibility index (Phi) is 5.39. The Labute approximate surface area is 119 Å². The van der Waals surface area contributed by atoms with Gasteiger partial charge in [-0.3, -0.25) is 4.99 Å². The van der Waals surface area contributed by atoms with Gasteiger partial charge in [-0.1, -0.05) is 12.1 Å². The van der Waals surface area contributed by atoms with Gasteiger partial charge in [-0.2, -0.15) is 11.8 Å². The molecule has 2 N–H and O–H groups in total. The average molecular weight is 279 g/mol. The molecule has 0 unspecified atom stereocenters. The van der Waals surface area contributed by atoms with Crippen molar-refractivity contribution in [1.29, 1.82) is 0 Å².